The van der Waals surface area contributed by atoms with Gasteiger partial charge < -0.3 is 19.3 Å². The van der Waals surface area contributed by atoms with Crippen LogP contribution in [0.2, 0.25) is 0 Å². The van der Waals surface area contributed by atoms with Gasteiger partial charge in [-0.2, -0.15) is 4.90 Å². The summed E-state index contributed by atoms with van der Waals surface area (Å²) in [7, 11) is 0. The molecule has 184 valence electrons. The number of aryl methyl sites for hydroxylation is 1. The van der Waals surface area contributed by atoms with Crippen LogP contribution in [0.4, 0.5) is 15.4 Å². The van der Waals surface area contributed by atoms with E-state index in [9.17, 15) is 24.3 Å². The predicted octanol–water partition coefficient (Wildman–Crippen LogP) is 4.26. The second kappa shape index (κ2) is 10.2. The van der Waals surface area contributed by atoms with Crippen molar-refractivity contribution in [1.29, 1.82) is 0 Å². The van der Waals surface area contributed by atoms with Crippen LogP contribution in [0.1, 0.15) is 66.5 Å². The van der Waals surface area contributed by atoms with Gasteiger partial charge in [-0.1, -0.05) is 6.07 Å². The van der Waals surface area contributed by atoms with Gasteiger partial charge in [-0.3, -0.25) is 9.59 Å². The van der Waals surface area contributed by atoms with Crippen molar-refractivity contribution in [2.24, 2.45) is 5.41 Å². The van der Waals surface area contributed by atoms with Gasteiger partial charge in [-0.15, -0.1) is 0 Å². The summed E-state index contributed by atoms with van der Waals surface area (Å²) < 4.78 is 15.6. The standard InChI is InChI=1S/C23H34N2O8/c1-10-31-18(28)23(9,17(26)27)12-15-11-14(2)16(24-13-15)25(19(29)32-21(3,4)5)20(30)33-22(6,7)8/h11,13H,10,12H2,1-9H3,(H,26,27). The highest BCUT2D eigenvalue weighted by Gasteiger charge is 2.43. The molecule has 1 unspecified atom stereocenters. The fourth-order valence-corrected chi connectivity index (χ4v) is 2.75. The van der Waals surface area contributed by atoms with Crippen molar-refractivity contribution >= 4 is 29.9 Å². The molecule has 33 heavy (non-hydrogen) atoms. The third-order valence-corrected chi connectivity index (χ3v) is 4.23. The number of esters is 1. The van der Waals surface area contributed by atoms with Gasteiger partial charge in [0.05, 0.1) is 6.61 Å². The number of anilines is 1. The van der Waals surface area contributed by atoms with E-state index in [-0.39, 0.29) is 18.8 Å². The lowest BCUT2D eigenvalue weighted by Gasteiger charge is -2.29. The zero-order valence-electron chi connectivity index (χ0n) is 20.8. The molecule has 1 N–H and O–H groups in total. The molecule has 0 radical (unpaired) electrons. The first-order valence-electron chi connectivity index (χ1n) is 10.5. The van der Waals surface area contributed by atoms with Crippen LogP contribution in [0.3, 0.4) is 0 Å². The quantitative estimate of drug-likeness (QED) is 0.371. The normalized spacial score (nSPS) is 13.5. The summed E-state index contributed by atoms with van der Waals surface area (Å²) in [5, 5.41) is 9.61. The highest BCUT2D eigenvalue weighted by atomic mass is 16.6. The largest absolute Gasteiger partial charge is 0.480 e. The van der Waals surface area contributed by atoms with Gasteiger partial charge >= 0.3 is 24.1 Å². The molecule has 0 fully saturated rings. The molecular weight excluding hydrogens is 432 g/mol. The average molecular weight is 467 g/mol. The van der Waals surface area contributed by atoms with Gasteiger partial charge in [0.25, 0.3) is 0 Å². The van der Waals surface area contributed by atoms with Crippen LogP contribution in [0, 0.1) is 12.3 Å². The van der Waals surface area contributed by atoms with Crippen molar-refractivity contribution in [3.8, 4) is 0 Å². The maximum absolute atomic E-state index is 12.8. The lowest BCUT2D eigenvalue weighted by atomic mass is 9.84. The molecular formula is C23H34N2O8. The zero-order valence-corrected chi connectivity index (χ0v) is 20.8. The van der Waals surface area contributed by atoms with Gasteiger partial charge in [-0.05, 0) is 73.4 Å². The van der Waals surface area contributed by atoms with Crippen LogP contribution in [-0.4, -0.2) is 52.0 Å². The Bertz CT molecular complexity index is 886. The third-order valence-electron chi connectivity index (χ3n) is 4.23. The van der Waals surface area contributed by atoms with Crippen LogP contribution in [0.25, 0.3) is 0 Å². The summed E-state index contributed by atoms with van der Waals surface area (Å²) in [6.45, 7) is 14.4. The van der Waals surface area contributed by atoms with Crippen molar-refractivity contribution in [3.05, 3.63) is 23.4 Å². The van der Waals surface area contributed by atoms with E-state index in [0.717, 1.165) is 0 Å². The fraction of sp³-hybridized carbons (Fsp3) is 0.609. The van der Waals surface area contributed by atoms with Crippen molar-refractivity contribution in [2.75, 3.05) is 11.5 Å². The lowest BCUT2D eigenvalue weighted by molar-refractivity contribution is -0.167. The molecule has 10 heteroatoms. The summed E-state index contributed by atoms with van der Waals surface area (Å²) in [6.07, 6.45) is -0.845. The number of ether oxygens (including phenoxy) is 3. The summed E-state index contributed by atoms with van der Waals surface area (Å²) in [6, 6.07) is 1.55. The van der Waals surface area contributed by atoms with Crippen molar-refractivity contribution < 1.29 is 38.5 Å². The Morgan fingerprint density at radius 3 is 1.82 bits per heavy atom. The van der Waals surface area contributed by atoms with Gasteiger partial charge in [0.1, 0.15) is 11.2 Å². The number of hydrogen-bond donors (Lipinski definition) is 1. The van der Waals surface area contributed by atoms with E-state index in [4.69, 9.17) is 14.2 Å². The monoisotopic (exact) mass is 466 g/mol. The number of carboxylic acid groups (broad SMARTS) is 1. The maximum Gasteiger partial charge on any atom is 0.425 e. The number of imide groups is 1. The second-order valence-electron chi connectivity index (χ2n) is 9.81. The number of pyridine rings is 1. The zero-order chi connectivity index (χ0) is 25.8. The molecule has 0 aliphatic heterocycles. The van der Waals surface area contributed by atoms with Crippen LogP contribution in [0.15, 0.2) is 12.3 Å². The van der Waals surface area contributed by atoms with E-state index in [1.807, 2.05) is 0 Å². The van der Waals surface area contributed by atoms with Crippen molar-refractivity contribution in [2.45, 2.75) is 79.9 Å². The fourth-order valence-electron chi connectivity index (χ4n) is 2.75. The number of amides is 2. The molecule has 0 saturated heterocycles. The highest BCUT2D eigenvalue weighted by molar-refractivity contribution is 6.09. The minimum Gasteiger partial charge on any atom is -0.480 e. The first-order chi connectivity index (χ1) is 14.9. The van der Waals surface area contributed by atoms with E-state index >= 15 is 0 Å². The van der Waals surface area contributed by atoms with Gasteiger partial charge in [-0.25, -0.2) is 14.6 Å². The molecule has 0 aromatic carbocycles. The number of rotatable bonds is 6. The van der Waals surface area contributed by atoms with E-state index in [2.05, 4.69) is 4.98 Å². The summed E-state index contributed by atoms with van der Waals surface area (Å²) in [4.78, 5) is 54.6. The summed E-state index contributed by atoms with van der Waals surface area (Å²) in [5.41, 5.74) is -2.81. The van der Waals surface area contributed by atoms with E-state index < -0.39 is 40.7 Å². The van der Waals surface area contributed by atoms with E-state index in [0.29, 0.717) is 16.0 Å². The minimum absolute atomic E-state index is 0.0320. The molecule has 10 nitrogen and oxygen atoms in total. The molecule has 1 aromatic heterocycles. The van der Waals surface area contributed by atoms with Crippen molar-refractivity contribution in [1.82, 2.24) is 4.98 Å². The smallest absolute Gasteiger partial charge is 0.425 e. The molecule has 0 spiro atoms. The molecule has 2 amide bonds. The van der Waals surface area contributed by atoms with Crippen LogP contribution in [0.5, 0.6) is 0 Å². The molecule has 1 aromatic rings. The molecule has 1 atom stereocenters. The maximum atomic E-state index is 12.8. The average Bonchev–Trinajstić information content (AvgIpc) is 2.60. The summed E-state index contributed by atoms with van der Waals surface area (Å²) >= 11 is 0. The summed E-state index contributed by atoms with van der Waals surface area (Å²) in [5.74, 6) is -2.24. The molecule has 0 aliphatic rings. The predicted molar refractivity (Wildman–Crippen MR) is 120 cm³/mol. The number of carboxylic acids is 1. The number of carbonyl (C=O) groups excluding carboxylic acids is 3. The van der Waals surface area contributed by atoms with Crippen LogP contribution in [-0.2, 0) is 30.2 Å². The highest BCUT2D eigenvalue weighted by Crippen LogP contribution is 2.28. The Hall–Kier alpha value is -3.17. The first kappa shape index (κ1) is 27.9. The second-order valence-corrected chi connectivity index (χ2v) is 9.81. The molecule has 1 rings (SSSR count). The number of aromatic nitrogens is 1. The van der Waals surface area contributed by atoms with Gasteiger partial charge in [0.15, 0.2) is 11.2 Å². The number of nitrogens with zero attached hydrogens (tertiary/aromatic N) is 2. The van der Waals surface area contributed by atoms with E-state index in [1.54, 1.807) is 61.5 Å². The SMILES string of the molecule is CCOC(=O)C(C)(Cc1cnc(N(C(=O)OC(C)(C)C)C(=O)OC(C)(C)C)c(C)c1)C(=O)O. The Kier molecular flexibility index (Phi) is 8.60. The minimum atomic E-state index is -1.83. The number of aliphatic carboxylic acids is 1. The third kappa shape index (κ3) is 7.73. The molecule has 0 aliphatic carbocycles. The number of carbonyl (C=O) groups is 4. The number of hydrogen-bond acceptors (Lipinski definition) is 8. The van der Waals surface area contributed by atoms with Crippen molar-refractivity contribution in [3.63, 3.8) is 0 Å². The van der Waals surface area contributed by atoms with Gasteiger partial charge in [0.2, 0.25) is 0 Å². The Balaban J connectivity index is 3.40. The van der Waals surface area contributed by atoms with Gasteiger partial charge in [0, 0.05) is 12.6 Å². The van der Waals surface area contributed by atoms with Crippen LogP contribution >= 0.6 is 0 Å². The lowest BCUT2D eigenvalue weighted by Crippen LogP contribution is -2.44. The molecule has 0 bridgehead atoms. The first-order valence-corrected chi connectivity index (χ1v) is 10.5. The topological polar surface area (TPSA) is 132 Å². The Labute approximate surface area is 194 Å². The molecule has 1 heterocycles. The van der Waals surface area contributed by atoms with Crippen LogP contribution < -0.4 is 4.90 Å². The van der Waals surface area contributed by atoms with E-state index in [1.165, 1.54) is 13.1 Å². The Morgan fingerprint density at radius 1 is 0.970 bits per heavy atom. The Morgan fingerprint density at radius 2 is 1.45 bits per heavy atom. The molecule has 0 saturated carbocycles.